The van der Waals surface area contributed by atoms with Gasteiger partial charge in [-0.25, -0.2) is 0 Å². The average molecular weight is 213 g/mol. The molecule has 2 heterocycles. The van der Waals surface area contributed by atoms with E-state index in [1.807, 2.05) is 12.3 Å². The Morgan fingerprint density at radius 2 is 2.31 bits per heavy atom. The maximum Gasteiger partial charge on any atom is 0.0596 e. The monoisotopic (exact) mass is 213 g/mol. The molecule has 0 aliphatic carbocycles. The minimum atomic E-state index is 0.928. The summed E-state index contributed by atoms with van der Waals surface area (Å²) in [7, 11) is 0. The fourth-order valence-corrected chi connectivity index (χ4v) is 2.48. The predicted molar refractivity (Wildman–Crippen MR) is 64.5 cm³/mol. The highest BCUT2D eigenvalue weighted by molar-refractivity contribution is 5.62. The maximum absolute atomic E-state index is 3.99. The van der Waals surface area contributed by atoms with Crippen molar-refractivity contribution in [3.05, 3.63) is 47.3 Å². The fraction of sp³-hybridized carbons (Fsp3) is 0.308. The van der Waals surface area contributed by atoms with Crippen LogP contribution in [-0.2, 0) is 13.0 Å². The molecule has 1 aliphatic heterocycles. The van der Waals surface area contributed by atoms with Crippen LogP contribution in [0.4, 0.5) is 5.69 Å². The third-order valence-corrected chi connectivity index (χ3v) is 3.21. The van der Waals surface area contributed by atoms with Gasteiger partial charge >= 0.3 is 0 Å². The molecule has 0 saturated heterocycles. The number of hydrogen-bond donors (Lipinski definition) is 1. The van der Waals surface area contributed by atoms with Crippen LogP contribution in [-0.4, -0.2) is 16.7 Å². The summed E-state index contributed by atoms with van der Waals surface area (Å²) in [6, 6.07) is 8.60. The van der Waals surface area contributed by atoms with Crippen LogP contribution >= 0.6 is 0 Å². The van der Waals surface area contributed by atoms with Crippen molar-refractivity contribution in [1.82, 2.24) is 10.2 Å². The second-order valence-electron chi connectivity index (χ2n) is 4.34. The molecule has 3 rings (SSSR count). The Kier molecular flexibility index (Phi) is 2.17. The van der Waals surface area contributed by atoms with Gasteiger partial charge in [0.25, 0.3) is 0 Å². The molecule has 3 heteroatoms. The molecule has 1 aromatic carbocycles. The number of fused-ring (bicyclic) bond motifs is 1. The Labute approximate surface area is 95.1 Å². The number of aryl methyl sites for hydroxylation is 1. The van der Waals surface area contributed by atoms with E-state index in [0.29, 0.717) is 0 Å². The lowest BCUT2D eigenvalue weighted by Crippen LogP contribution is -2.20. The number of anilines is 1. The van der Waals surface area contributed by atoms with Crippen LogP contribution in [0, 0.1) is 6.92 Å². The molecule has 0 atom stereocenters. The van der Waals surface area contributed by atoms with Gasteiger partial charge in [-0.3, -0.25) is 5.10 Å². The summed E-state index contributed by atoms with van der Waals surface area (Å²) >= 11 is 0. The summed E-state index contributed by atoms with van der Waals surface area (Å²) in [5.41, 5.74) is 5.43. The number of aromatic nitrogens is 2. The Morgan fingerprint density at radius 3 is 3.12 bits per heavy atom. The standard InChI is InChI=1S/C13H15N3/c1-10-3-2-4-11-6-8-16(13(10)11)9-12-5-7-14-15-12/h2-5,7H,6,8-9H2,1H3,(H,14,15). The number of nitrogens with one attached hydrogen (secondary N) is 1. The predicted octanol–water partition coefficient (Wildman–Crippen LogP) is 2.28. The quantitative estimate of drug-likeness (QED) is 0.830. The van der Waals surface area contributed by atoms with Crippen molar-refractivity contribution in [3.63, 3.8) is 0 Å². The van der Waals surface area contributed by atoms with Crippen LogP contribution in [0.25, 0.3) is 0 Å². The molecule has 2 aromatic rings. The average Bonchev–Trinajstić information content (AvgIpc) is 2.90. The SMILES string of the molecule is Cc1cccc2c1N(Cc1ccn[nH]1)CC2. The Bertz CT molecular complexity index is 488. The number of aromatic amines is 1. The fourth-order valence-electron chi connectivity index (χ4n) is 2.48. The van der Waals surface area contributed by atoms with Crippen molar-refractivity contribution >= 4 is 5.69 Å². The summed E-state index contributed by atoms with van der Waals surface area (Å²) in [6.45, 7) is 4.22. The molecule has 3 nitrogen and oxygen atoms in total. The molecule has 0 bridgehead atoms. The van der Waals surface area contributed by atoms with Crippen LogP contribution < -0.4 is 4.90 Å². The van der Waals surface area contributed by atoms with Crippen molar-refractivity contribution in [2.75, 3.05) is 11.4 Å². The lowest BCUT2D eigenvalue weighted by molar-refractivity contribution is 0.806. The van der Waals surface area contributed by atoms with Gasteiger partial charge in [-0.15, -0.1) is 0 Å². The molecule has 0 spiro atoms. The van der Waals surface area contributed by atoms with Crippen molar-refractivity contribution in [2.24, 2.45) is 0 Å². The van der Waals surface area contributed by atoms with Gasteiger partial charge in [0.1, 0.15) is 0 Å². The molecule has 0 fully saturated rings. The molecule has 0 saturated carbocycles. The normalized spacial score (nSPS) is 14.2. The van der Waals surface area contributed by atoms with Gasteiger partial charge in [-0.1, -0.05) is 18.2 Å². The number of nitrogens with zero attached hydrogens (tertiary/aromatic N) is 2. The van der Waals surface area contributed by atoms with Gasteiger partial charge in [-0.2, -0.15) is 5.10 Å². The van der Waals surface area contributed by atoms with E-state index in [2.05, 4.69) is 40.2 Å². The summed E-state index contributed by atoms with van der Waals surface area (Å²) in [6.07, 6.45) is 2.97. The third-order valence-electron chi connectivity index (χ3n) is 3.21. The van der Waals surface area contributed by atoms with Crippen LogP contribution in [0.15, 0.2) is 30.5 Å². The van der Waals surface area contributed by atoms with E-state index in [0.717, 1.165) is 19.5 Å². The lowest BCUT2D eigenvalue weighted by Gasteiger charge is -2.20. The molecule has 0 unspecified atom stereocenters. The van der Waals surface area contributed by atoms with E-state index in [-0.39, 0.29) is 0 Å². The largest absolute Gasteiger partial charge is 0.365 e. The maximum atomic E-state index is 3.99. The Hall–Kier alpha value is -1.77. The van der Waals surface area contributed by atoms with Gasteiger partial charge in [0.15, 0.2) is 0 Å². The van der Waals surface area contributed by atoms with Crippen LogP contribution in [0.5, 0.6) is 0 Å². The zero-order valence-corrected chi connectivity index (χ0v) is 9.40. The van der Waals surface area contributed by atoms with E-state index in [1.54, 1.807) is 0 Å². The highest BCUT2D eigenvalue weighted by atomic mass is 15.2. The first-order valence-corrected chi connectivity index (χ1v) is 5.66. The summed E-state index contributed by atoms with van der Waals surface area (Å²) in [5, 5.41) is 7.01. The van der Waals surface area contributed by atoms with Crippen molar-refractivity contribution in [2.45, 2.75) is 19.9 Å². The topological polar surface area (TPSA) is 31.9 Å². The van der Waals surface area contributed by atoms with E-state index in [4.69, 9.17) is 0 Å². The third kappa shape index (κ3) is 1.48. The summed E-state index contributed by atoms with van der Waals surface area (Å²) in [4.78, 5) is 2.43. The molecule has 1 N–H and O–H groups in total. The second-order valence-corrected chi connectivity index (χ2v) is 4.34. The zero-order valence-electron chi connectivity index (χ0n) is 9.40. The molecule has 16 heavy (non-hydrogen) atoms. The van der Waals surface area contributed by atoms with Crippen LogP contribution in [0.2, 0.25) is 0 Å². The lowest BCUT2D eigenvalue weighted by atomic mass is 10.1. The van der Waals surface area contributed by atoms with E-state index < -0.39 is 0 Å². The minimum Gasteiger partial charge on any atom is -0.365 e. The van der Waals surface area contributed by atoms with Crippen molar-refractivity contribution in [1.29, 1.82) is 0 Å². The number of benzene rings is 1. The number of hydrogen-bond acceptors (Lipinski definition) is 2. The number of H-pyrrole nitrogens is 1. The minimum absolute atomic E-state index is 0.928. The first-order chi connectivity index (χ1) is 7.84. The molecule has 82 valence electrons. The smallest absolute Gasteiger partial charge is 0.0596 e. The van der Waals surface area contributed by atoms with E-state index in [1.165, 1.54) is 22.5 Å². The van der Waals surface area contributed by atoms with Gasteiger partial charge in [-0.05, 0) is 30.5 Å². The number of para-hydroxylation sites is 1. The molecule has 0 radical (unpaired) electrons. The van der Waals surface area contributed by atoms with Gasteiger partial charge in [0.2, 0.25) is 0 Å². The first-order valence-electron chi connectivity index (χ1n) is 5.66. The molecular weight excluding hydrogens is 198 g/mol. The Morgan fingerprint density at radius 1 is 1.38 bits per heavy atom. The Balaban J connectivity index is 1.91. The van der Waals surface area contributed by atoms with Crippen LogP contribution in [0.1, 0.15) is 16.8 Å². The highest BCUT2D eigenvalue weighted by Crippen LogP contribution is 2.32. The second kappa shape index (κ2) is 3.67. The molecule has 1 aromatic heterocycles. The molecular formula is C13H15N3. The van der Waals surface area contributed by atoms with E-state index in [9.17, 15) is 0 Å². The van der Waals surface area contributed by atoms with Crippen LogP contribution in [0.3, 0.4) is 0 Å². The van der Waals surface area contributed by atoms with Gasteiger partial charge in [0.05, 0.1) is 12.2 Å². The van der Waals surface area contributed by atoms with E-state index >= 15 is 0 Å². The van der Waals surface area contributed by atoms with Crippen molar-refractivity contribution < 1.29 is 0 Å². The first kappa shape index (κ1) is 9.46. The zero-order chi connectivity index (χ0) is 11.0. The highest BCUT2D eigenvalue weighted by Gasteiger charge is 2.20. The van der Waals surface area contributed by atoms with Crippen molar-refractivity contribution in [3.8, 4) is 0 Å². The number of rotatable bonds is 2. The summed E-state index contributed by atoms with van der Waals surface area (Å²) < 4.78 is 0. The summed E-state index contributed by atoms with van der Waals surface area (Å²) in [5.74, 6) is 0. The van der Waals surface area contributed by atoms with Gasteiger partial charge < -0.3 is 4.90 Å². The van der Waals surface area contributed by atoms with Gasteiger partial charge in [0, 0.05) is 18.4 Å². The molecule has 1 aliphatic rings. The molecule has 0 amide bonds.